The SMILES string of the molecule is CCC(NC(=O)NCc1cccnc1N(C)C)c1ccncc1. The summed E-state index contributed by atoms with van der Waals surface area (Å²) in [5.41, 5.74) is 2.03. The first-order chi connectivity index (χ1) is 11.1. The summed E-state index contributed by atoms with van der Waals surface area (Å²) in [6.45, 7) is 2.47. The minimum Gasteiger partial charge on any atom is -0.362 e. The Bertz CT molecular complexity index is 630. The summed E-state index contributed by atoms with van der Waals surface area (Å²) in [6.07, 6.45) is 6.02. The number of pyridine rings is 2. The van der Waals surface area contributed by atoms with Gasteiger partial charge in [-0.1, -0.05) is 13.0 Å². The molecule has 2 amide bonds. The van der Waals surface area contributed by atoms with Crippen molar-refractivity contribution in [3.05, 3.63) is 54.0 Å². The van der Waals surface area contributed by atoms with Gasteiger partial charge in [0.05, 0.1) is 6.04 Å². The summed E-state index contributed by atoms with van der Waals surface area (Å²) in [6, 6.07) is 7.44. The van der Waals surface area contributed by atoms with E-state index in [1.165, 1.54) is 0 Å². The van der Waals surface area contributed by atoms with E-state index < -0.39 is 0 Å². The molecule has 0 aliphatic heterocycles. The standard InChI is InChI=1S/C17H23N5O/c1-4-15(13-7-10-18-11-8-13)21-17(23)20-12-14-6-5-9-19-16(14)22(2)3/h5-11,15H,4,12H2,1-3H3,(H2,20,21,23). The van der Waals surface area contributed by atoms with Crippen LogP contribution in [-0.2, 0) is 6.54 Å². The quantitative estimate of drug-likeness (QED) is 0.859. The van der Waals surface area contributed by atoms with Gasteiger partial charge in [0.15, 0.2) is 0 Å². The lowest BCUT2D eigenvalue weighted by atomic mass is 10.1. The first kappa shape index (κ1) is 16.7. The molecule has 122 valence electrons. The summed E-state index contributed by atoms with van der Waals surface area (Å²) < 4.78 is 0. The van der Waals surface area contributed by atoms with Crippen molar-refractivity contribution < 1.29 is 4.79 Å². The molecule has 0 aliphatic carbocycles. The largest absolute Gasteiger partial charge is 0.362 e. The first-order valence-corrected chi connectivity index (χ1v) is 7.67. The molecule has 0 spiro atoms. The summed E-state index contributed by atoms with van der Waals surface area (Å²) in [5.74, 6) is 0.856. The predicted octanol–water partition coefficient (Wildman–Crippen LogP) is 2.49. The highest BCUT2D eigenvalue weighted by molar-refractivity contribution is 5.74. The number of carbonyl (C=O) groups excluding carboxylic acids is 1. The van der Waals surface area contributed by atoms with Crippen LogP contribution in [0.25, 0.3) is 0 Å². The average Bonchev–Trinajstić information content (AvgIpc) is 2.58. The minimum absolute atomic E-state index is 0.0276. The Morgan fingerprint density at radius 1 is 1.22 bits per heavy atom. The van der Waals surface area contributed by atoms with E-state index >= 15 is 0 Å². The Balaban J connectivity index is 1.95. The molecule has 23 heavy (non-hydrogen) atoms. The molecule has 2 N–H and O–H groups in total. The lowest BCUT2D eigenvalue weighted by molar-refractivity contribution is 0.236. The Morgan fingerprint density at radius 2 is 1.96 bits per heavy atom. The zero-order valence-electron chi connectivity index (χ0n) is 13.8. The number of hydrogen-bond acceptors (Lipinski definition) is 4. The zero-order chi connectivity index (χ0) is 16.7. The van der Waals surface area contributed by atoms with Crippen LogP contribution in [0, 0.1) is 0 Å². The normalized spacial score (nSPS) is 11.6. The maximum Gasteiger partial charge on any atom is 0.315 e. The van der Waals surface area contributed by atoms with E-state index in [9.17, 15) is 4.79 Å². The van der Waals surface area contributed by atoms with Gasteiger partial charge in [0.25, 0.3) is 0 Å². The van der Waals surface area contributed by atoms with Gasteiger partial charge in [-0.2, -0.15) is 0 Å². The van der Waals surface area contributed by atoms with Crippen LogP contribution in [0.3, 0.4) is 0 Å². The smallest absolute Gasteiger partial charge is 0.315 e. The van der Waals surface area contributed by atoms with Gasteiger partial charge in [-0.15, -0.1) is 0 Å². The molecular weight excluding hydrogens is 290 g/mol. The van der Waals surface area contributed by atoms with Crippen molar-refractivity contribution in [1.82, 2.24) is 20.6 Å². The van der Waals surface area contributed by atoms with Gasteiger partial charge in [0.2, 0.25) is 0 Å². The molecule has 2 heterocycles. The number of rotatable bonds is 6. The highest BCUT2D eigenvalue weighted by Gasteiger charge is 2.13. The third-order valence-electron chi connectivity index (χ3n) is 3.55. The number of carbonyl (C=O) groups is 1. The molecular formula is C17H23N5O. The van der Waals surface area contributed by atoms with Crippen molar-refractivity contribution in [3.8, 4) is 0 Å². The lowest BCUT2D eigenvalue weighted by Gasteiger charge is -2.19. The van der Waals surface area contributed by atoms with Crippen molar-refractivity contribution in [2.24, 2.45) is 0 Å². The van der Waals surface area contributed by atoms with Gasteiger partial charge in [-0.3, -0.25) is 4.98 Å². The van der Waals surface area contributed by atoms with Crippen LogP contribution in [0.5, 0.6) is 0 Å². The molecule has 0 bridgehead atoms. The van der Waals surface area contributed by atoms with Crippen LogP contribution in [-0.4, -0.2) is 30.1 Å². The summed E-state index contributed by atoms with van der Waals surface area (Å²) >= 11 is 0. The topological polar surface area (TPSA) is 70.2 Å². The fourth-order valence-electron chi connectivity index (χ4n) is 2.37. The van der Waals surface area contributed by atoms with Crippen molar-refractivity contribution in [2.45, 2.75) is 25.9 Å². The molecule has 0 aromatic carbocycles. The van der Waals surface area contributed by atoms with Crippen LogP contribution in [0.1, 0.15) is 30.5 Å². The Kier molecular flexibility index (Phi) is 5.91. The second-order valence-corrected chi connectivity index (χ2v) is 5.45. The van der Waals surface area contributed by atoms with Crippen molar-refractivity contribution in [2.75, 3.05) is 19.0 Å². The van der Waals surface area contributed by atoms with Crippen molar-refractivity contribution >= 4 is 11.8 Å². The van der Waals surface area contributed by atoms with Gasteiger partial charge in [-0.25, -0.2) is 9.78 Å². The van der Waals surface area contributed by atoms with E-state index in [1.807, 2.05) is 50.2 Å². The minimum atomic E-state index is -0.192. The van der Waals surface area contributed by atoms with Gasteiger partial charge in [-0.05, 0) is 30.2 Å². The van der Waals surface area contributed by atoms with Gasteiger partial charge >= 0.3 is 6.03 Å². The molecule has 0 saturated heterocycles. The molecule has 6 nitrogen and oxygen atoms in total. The number of aromatic nitrogens is 2. The molecule has 0 radical (unpaired) electrons. The maximum absolute atomic E-state index is 12.2. The number of urea groups is 1. The second-order valence-electron chi connectivity index (χ2n) is 5.45. The van der Waals surface area contributed by atoms with Crippen LogP contribution in [0.15, 0.2) is 42.9 Å². The molecule has 6 heteroatoms. The van der Waals surface area contributed by atoms with Crippen molar-refractivity contribution in [3.63, 3.8) is 0 Å². The first-order valence-electron chi connectivity index (χ1n) is 7.67. The van der Waals surface area contributed by atoms with E-state index in [-0.39, 0.29) is 12.1 Å². The molecule has 0 saturated carbocycles. The Morgan fingerprint density at radius 3 is 2.61 bits per heavy atom. The summed E-state index contributed by atoms with van der Waals surface area (Å²) in [4.78, 5) is 22.4. The predicted molar refractivity (Wildman–Crippen MR) is 91.2 cm³/mol. The maximum atomic E-state index is 12.2. The van der Waals surface area contributed by atoms with E-state index in [0.717, 1.165) is 23.4 Å². The Hall–Kier alpha value is -2.63. The lowest BCUT2D eigenvalue weighted by Crippen LogP contribution is -2.37. The van der Waals surface area contributed by atoms with Crippen LogP contribution >= 0.6 is 0 Å². The molecule has 1 atom stereocenters. The highest BCUT2D eigenvalue weighted by Crippen LogP contribution is 2.16. The van der Waals surface area contributed by atoms with E-state index in [1.54, 1.807) is 18.6 Å². The fourth-order valence-corrected chi connectivity index (χ4v) is 2.37. The second kappa shape index (κ2) is 8.12. The van der Waals surface area contributed by atoms with Crippen molar-refractivity contribution in [1.29, 1.82) is 0 Å². The third-order valence-corrected chi connectivity index (χ3v) is 3.55. The van der Waals surface area contributed by atoms with E-state index in [4.69, 9.17) is 0 Å². The van der Waals surface area contributed by atoms with Gasteiger partial charge in [0, 0.05) is 44.8 Å². The number of nitrogens with one attached hydrogen (secondary N) is 2. The molecule has 2 aromatic heterocycles. The highest BCUT2D eigenvalue weighted by atomic mass is 16.2. The fraction of sp³-hybridized carbons (Fsp3) is 0.353. The molecule has 2 rings (SSSR count). The van der Waals surface area contributed by atoms with Crippen LogP contribution in [0.2, 0.25) is 0 Å². The number of hydrogen-bond donors (Lipinski definition) is 2. The van der Waals surface area contributed by atoms with Gasteiger partial charge < -0.3 is 15.5 Å². The third kappa shape index (κ3) is 4.67. The summed E-state index contributed by atoms with van der Waals surface area (Å²) in [7, 11) is 3.87. The monoisotopic (exact) mass is 313 g/mol. The van der Waals surface area contributed by atoms with Crippen LogP contribution < -0.4 is 15.5 Å². The summed E-state index contributed by atoms with van der Waals surface area (Å²) in [5, 5.41) is 5.89. The molecule has 0 fully saturated rings. The molecule has 2 aromatic rings. The van der Waals surface area contributed by atoms with Gasteiger partial charge in [0.1, 0.15) is 5.82 Å². The van der Waals surface area contributed by atoms with E-state index in [2.05, 4.69) is 20.6 Å². The van der Waals surface area contributed by atoms with E-state index in [0.29, 0.717) is 6.54 Å². The Labute approximate surface area is 137 Å². The molecule has 0 aliphatic rings. The molecule has 1 unspecified atom stereocenters. The average molecular weight is 313 g/mol. The zero-order valence-corrected chi connectivity index (χ0v) is 13.8. The van der Waals surface area contributed by atoms with Crippen LogP contribution in [0.4, 0.5) is 10.6 Å². The number of anilines is 1. The number of amides is 2. The number of nitrogens with zero attached hydrogens (tertiary/aromatic N) is 3.